The highest BCUT2D eigenvalue weighted by molar-refractivity contribution is 4.88. The maximum Gasteiger partial charge on any atom is 0.0574 e. The molecule has 1 nitrogen and oxygen atoms in total. The summed E-state index contributed by atoms with van der Waals surface area (Å²) in [5.74, 6) is 0. The van der Waals surface area contributed by atoms with Crippen molar-refractivity contribution in [3.05, 3.63) is 12.8 Å². The van der Waals surface area contributed by atoms with Gasteiger partial charge in [-0.3, -0.25) is 0 Å². The van der Waals surface area contributed by atoms with Crippen LogP contribution in [0.15, 0.2) is 0 Å². The number of aliphatic hydroxyl groups excluding tert-OH is 1. The van der Waals surface area contributed by atoms with E-state index >= 15 is 0 Å². The van der Waals surface area contributed by atoms with Crippen LogP contribution < -0.4 is 0 Å². The van der Waals surface area contributed by atoms with Gasteiger partial charge in [-0.15, -0.1) is 0 Å². The molecule has 1 aliphatic carbocycles. The second kappa shape index (κ2) is 2.31. The van der Waals surface area contributed by atoms with Gasteiger partial charge in [-0.1, -0.05) is 0 Å². The summed E-state index contributed by atoms with van der Waals surface area (Å²) < 4.78 is 0. The summed E-state index contributed by atoms with van der Waals surface area (Å²) in [4.78, 5) is 0. The molecule has 1 unspecified atom stereocenters. The van der Waals surface area contributed by atoms with Gasteiger partial charge in [0.15, 0.2) is 0 Å². The van der Waals surface area contributed by atoms with Gasteiger partial charge in [0.25, 0.3) is 0 Å². The van der Waals surface area contributed by atoms with E-state index in [0.29, 0.717) is 0 Å². The van der Waals surface area contributed by atoms with Crippen LogP contribution in [0.1, 0.15) is 19.3 Å². The van der Waals surface area contributed by atoms with Crippen molar-refractivity contribution < 1.29 is 5.11 Å². The number of aliphatic hydroxyl groups is 1. The molecule has 1 atom stereocenters. The summed E-state index contributed by atoms with van der Waals surface area (Å²) in [6, 6.07) is 0. The standard InChI is InChI=1S/C6H10O/c7-6-4-2-1-3-5-6/h2,5-7H,1,3-4H2. The average molecular weight is 98.1 g/mol. The second-order valence-electron chi connectivity index (χ2n) is 1.90. The molecule has 0 heterocycles. The van der Waals surface area contributed by atoms with Crippen molar-refractivity contribution in [2.75, 3.05) is 0 Å². The molecule has 1 aliphatic rings. The summed E-state index contributed by atoms with van der Waals surface area (Å²) in [7, 11) is 0. The maximum atomic E-state index is 8.82. The fraction of sp³-hybridized carbons (Fsp3) is 0.667. The van der Waals surface area contributed by atoms with Crippen molar-refractivity contribution in [2.24, 2.45) is 0 Å². The molecule has 0 amide bonds. The van der Waals surface area contributed by atoms with E-state index in [2.05, 4.69) is 6.42 Å². The largest absolute Gasteiger partial charge is 0.393 e. The summed E-state index contributed by atoms with van der Waals surface area (Å²) in [6.45, 7) is 0. The monoisotopic (exact) mass is 98.1 g/mol. The van der Waals surface area contributed by atoms with E-state index in [-0.39, 0.29) is 6.10 Å². The Morgan fingerprint density at radius 2 is 2.29 bits per heavy atom. The lowest BCUT2D eigenvalue weighted by molar-refractivity contribution is 0.191. The minimum atomic E-state index is -0.145. The zero-order valence-electron chi connectivity index (χ0n) is 4.30. The van der Waals surface area contributed by atoms with Gasteiger partial charge in [-0.2, -0.15) is 0 Å². The Labute approximate surface area is 44.4 Å². The van der Waals surface area contributed by atoms with Crippen LogP contribution in [0, 0.1) is 12.8 Å². The molecular weight excluding hydrogens is 88.1 g/mol. The van der Waals surface area contributed by atoms with Crippen molar-refractivity contribution in [1.29, 1.82) is 0 Å². The molecule has 1 heteroatoms. The molecule has 0 bridgehead atoms. The first-order valence-electron chi connectivity index (χ1n) is 2.72. The van der Waals surface area contributed by atoms with Gasteiger partial charge in [0.05, 0.1) is 6.10 Å². The first kappa shape index (κ1) is 5.10. The quantitative estimate of drug-likeness (QED) is 0.478. The second-order valence-corrected chi connectivity index (χ2v) is 1.90. The van der Waals surface area contributed by atoms with Crippen LogP contribution in [-0.2, 0) is 0 Å². The fourth-order valence-electron chi connectivity index (χ4n) is 0.791. The Hall–Kier alpha value is -0.0400. The summed E-state index contributed by atoms with van der Waals surface area (Å²) in [5.41, 5.74) is 0. The zero-order valence-corrected chi connectivity index (χ0v) is 4.30. The summed E-state index contributed by atoms with van der Waals surface area (Å²) in [5, 5.41) is 8.82. The fourth-order valence-corrected chi connectivity index (χ4v) is 0.791. The molecule has 1 rings (SSSR count). The Morgan fingerprint density at radius 1 is 1.43 bits per heavy atom. The molecule has 0 aromatic heterocycles. The minimum Gasteiger partial charge on any atom is -0.393 e. The van der Waals surface area contributed by atoms with Gasteiger partial charge in [-0.25, -0.2) is 0 Å². The lowest BCUT2D eigenvalue weighted by atomic mass is 9.98. The molecule has 1 N–H and O–H groups in total. The molecule has 2 radical (unpaired) electrons. The molecule has 1 saturated carbocycles. The van der Waals surface area contributed by atoms with Crippen LogP contribution >= 0.6 is 0 Å². The Kier molecular flexibility index (Phi) is 1.69. The molecule has 0 aromatic rings. The van der Waals surface area contributed by atoms with E-state index in [1.807, 2.05) is 6.42 Å². The van der Waals surface area contributed by atoms with Gasteiger partial charge in [0, 0.05) is 0 Å². The van der Waals surface area contributed by atoms with E-state index in [4.69, 9.17) is 5.11 Å². The van der Waals surface area contributed by atoms with Gasteiger partial charge < -0.3 is 5.11 Å². The Bertz CT molecular complexity index is 46.1. The number of rotatable bonds is 0. The first-order chi connectivity index (χ1) is 3.39. The third kappa shape index (κ3) is 1.48. The van der Waals surface area contributed by atoms with Crippen LogP contribution in [0.25, 0.3) is 0 Å². The van der Waals surface area contributed by atoms with E-state index in [9.17, 15) is 0 Å². The maximum absolute atomic E-state index is 8.82. The van der Waals surface area contributed by atoms with Crippen molar-refractivity contribution in [3.8, 4) is 0 Å². The topological polar surface area (TPSA) is 20.2 Å². The summed E-state index contributed by atoms with van der Waals surface area (Å²) >= 11 is 0. The average Bonchev–Trinajstić information content (AvgIpc) is 1.69. The predicted octanol–water partition coefficient (Wildman–Crippen LogP) is 0.940. The minimum absolute atomic E-state index is 0.145. The molecule has 0 spiro atoms. The lowest BCUT2D eigenvalue weighted by Gasteiger charge is -2.13. The highest BCUT2D eigenvalue weighted by Crippen LogP contribution is 2.14. The van der Waals surface area contributed by atoms with Crippen LogP contribution in [0.4, 0.5) is 0 Å². The Morgan fingerprint density at radius 3 is 2.57 bits per heavy atom. The molecule has 7 heavy (non-hydrogen) atoms. The molecule has 0 aromatic carbocycles. The van der Waals surface area contributed by atoms with Crippen molar-refractivity contribution in [1.82, 2.24) is 0 Å². The van der Waals surface area contributed by atoms with E-state index in [0.717, 1.165) is 19.3 Å². The van der Waals surface area contributed by atoms with Crippen molar-refractivity contribution in [2.45, 2.75) is 25.4 Å². The smallest absolute Gasteiger partial charge is 0.0574 e. The van der Waals surface area contributed by atoms with E-state index in [1.165, 1.54) is 0 Å². The van der Waals surface area contributed by atoms with Crippen LogP contribution in [0.3, 0.4) is 0 Å². The summed E-state index contributed by atoms with van der Waals surface area (Å²) in [6.07, 6.45) is 7.01. The van der Waals surface area contributed by atoms with Gasteiger partial charge in [0.1, 0.15) is 0 Å². The predicted molar refractivity (Wildman–Crippen MR) is 28.5 cm³/mol. The highest BCUT2D eigenvalue weighted by Gasteiger charge is 2.08. The lowest BCUT2D eigenvalue weighted by Crippen LogP contribution is -2.11. The van der Waals surface area contributed by atoms with Crippen LogP contribution in [0.5, 0.6) is 0 Å². The number of hydrogen-bond acceptors (Lipinski definition) is 1. The van der Waals surface area contributed by atoms with Crippen LogP contribution in [-0.4, -0.2) is 11.2 Å². The van der Waals surface area contributed by atoms with Gasteiger partial charge >= 0.3 is 0 Å². The molecular formula is C6H10O. The van der Waals surface area contributed by atoms with Crippen molar-refractivity contribution >= 4 is 0 Å². The molecule has 40 valence electrons. The van der Waals surface area contributed by atoms with Crippen molar-refractivity contribution in [3.63, 3.8) is 0 Å². The van der Waals surface area contributed by atoms with Gasteiger partial charge in [-0.05, 0) is 32.1 Å². The van der Waals surface area contributed by atoms with Gasteiger partial charge in [0.2, 0.25) is 0 Å². The third-order valence-corrected chi connectivity index (χ3v) is 1.22. The first-order valence-corrected chi connectivity index (χ1v) is 2.72. The number of hydrogen-bond donors (Lipinski definition) is 1. The molecule has 0 aliphatic heterocycles. The van der Waals surface area contributed by atoms with Crippen LogP contribution in [0.2, 0.25) is 0 Å². The normalized spacial score (nSPS) is 25.3. The van der Waals surface area contributed by atoms with E-state index in [1.54, 1.807) is 0 Å². The molecule has 1 fully saturated rings. The zero-order chi connectivity index (χ0) is 5.11. The highest BCUT2D eigenvalue weighted by atomic mass is 16.3. The molecule has 0 saturated heterocycles. The third-order valence-electron chi connectivity index (χ3n) is 1.22. The van der Waals surface area contributed by atoms with E-state index < -0.39 is 0 Å². The Balaban J connectivity index is 2.12. The SMILES string of the molecule is OC1[CH]CC[CH]C1.